The highest BCUT2D eigenvalue weighted by atomic mass is 32.1. The van der Waals surface area contributed by atoms with Gasteiger partial charge in [0.2, 0.25) is 0 Å². The lowest BCUT2D eigenvalue weighted by Gasteiger charge is -2.24. The first-order chi connectivity index (χ1) is 17.9. The van der Waals surface area contributed by atoms with Crippen molar-refractivity contribution in [3.8, 4) is 10.6 Å². The van der Waals surface area contributed by atoms with E-state index in [-0.39, 0.29) is 47.1 Å². The molecule has 1 saturated heterocycles. The van der Waals surface area contributed by atoms with Crippen molar-refractivity contribution in [1.82, 2.24) is 15.6 Å². The summed E-state index contributed by atoms with van der Waals surface area (Å²) < 4.78 is 53.9. The number of ether oxygens (including phenoxy) is 2. The number of hydrogen-bond acceptors (Lipinski definition) is 8. The lowest BCUT2D eigenvalue weighted by molar-refractivity contribution is 0.0406. The van der Waals surface area contributed by atoms with Crippen LogP contribution in [0.15, 0.2) is 40.5 Å². The van der Waals surface area contributed by atoms with Gasteiger partial charge in [-0.05, 0) is 45.7 Å². The average Bonchev–Trinajstić information content (AvgIpc) is 3.25. The molecule has 38 heavy (non-hydrogen) atoms. The number of halogens is 3. The number of alkyl carbamates (subject to hydrolysis) is 1. The molecule has 9 nitrogen and oxygen atoms in total. The fourth-order valence-electron chi connectivity index (χ4n) is 3.77. The molecule has 13 heteroatoms. The molecule has 0 saturated carbocycles. The van der Waals surface area contributed by atoms with Crippen LogP contribution in [-0.4, -0.2) is 60.3 Å². The van der Waals surface area contributed by atoms with Gasteiger partial charge in [0.05, 0.1) is 29.6 Å². The molecule has 2 heterocycles. The van der Waals surface area contributed by atoms with Crippen LogP contribution >= 0.6 is 11.3 Å². The lowest BCUT2D eigenvalue weighted by Crippen LogP contribution is -2.44. The Hall–Kier alpha value is -3.45. The number of aromatic nitrogens is 1. The van der Waals surface area contributed by atoms with Crippen molar-refractivity contribution in [3.05, 3.63) is 52.8 Å². The second kappa shape index (κ2) is 12.4. The largest absolute Gasteiger partial charge is 0.444 e. The van der Waals surface area contributed by atoms with E-state index in [0.717, 1.165) is 29.7 Å². The van der Waals surface area contributed by atoms with Gasteiger partial charge in [-0.1, -0.05) is 6.07 Å². The number of nitrogens with two attached hydrogens (primary N) is 1. The van der Waals surface area contributed by atoms with E-state index in [1.165, 1.54) is 18.5 Å². The van der Waals surface area contributed by atoms with Crippen molar-refractivity contribution in [2.45, 2.75) is 57.5 Å². The number of benzene rings is 1. The number of amides is 2. The molecule has 2 aromatic rings. The SMILES string of the molecule is CN=C(/C(=C\N)NC(=O)c1csc(-c2c(F)cccc2F)n1)C1CC[C@@H](NC(=O)OC(C)(C)C)[C@H](F)CO1. The third-order valence-corrected chi connectivity index (χ3v) is 6.35. The van der Waals surface area contributed by atoms with Crippen LogP contribution in [0.5, 0.6) is 0 Å². The predicted octanol–water partition coefficient (Wildman–Crippen LogP) is 4.10. The van der Waals surface area contributed by atoms with E-state index in [9.17, 15) is 22.8 Å². The first-order valence-electron chi connectivity index (χ1n) is 11.8. The molecule has 0 aliphatic carbocycles. The molecule has 0 bridgehead atoms. The fourth-order valence-corrected chi connectivity index (χ4v) is 4.61. The molecule has 0 radical (unpaired) electrons. The summed E-state index contributed by atoms with van der Waals surface area (Å²) >= 11 is 0.903. The van der Waals surface area contributed by atoms with Gasteiger partial charge in [-0.3, -0.25) is 9.79 Å². The van der Waals surface area contributed by atoms with E-state index in [0.29, 0.717) is 0 Å². The van der Waals surface area contributed by atoms with Crippen molar-refractivity contribution in [2.24, 2.45) is 10.7 Å². The summed E-state index contributed by atoms with van der Waals surface area (Å²) in [6.45, 7) is 4.78. The molecule has 3 rings (SSSR count). The minimum atomic E-state index is -1.50. The summed E-state index contributed by atoms with van der Waals surface area (Å²) in [5.74, 6) is -2.29. The second-order valence-corrected chi connectivity index (χ2v) is 10.3. The normalized spacial score (nSPS) is 21.0. The summed E-state index contributed by atoms with van der Waals surface area (Å²) in [6, 6.07) is 2.58. The number of nitrogens with one attached hydrogen (secondary N) is 2. The van der Waals surface area contributed by atoms with Gasteiger partial charge >= 0.3 is 6.09 Å². The summed E-state index contributed by atoms with van der Waals surface area (Å²) in [4.78, 5) is 33.2. The molecule has 1 aliphatic rings. The van der Waals surface area contributed by atoms with Crippen LogP contribution in [0.4, 0.5) is 18.0 Å². The number of nitrogens with zero attached hydrogens (tertiary/aromatic N) is 2. The van der Waals surface area contributed by atoms with Crippen LogP contribution in [0.2, 0.25) is 0 Å². The predicted molar refractivity (Wildman–Crippen MR) is 138 cm³/mol. The summed E-state index contributed by atoms with van der Waals surface area (Å²) in [5.41, 5.74) is 4.96. The molecular formula is C25H30F3N5O4S. The van der Waals surface area contributed by atoms with Crippen LogP contribution in [0.1, 0.15) is 44.1 Å². The van der Waals surface area contributed by atoms with E-state index in [1.807, 2.05) is 0 Å². The first-order valence-corrected chi connectivity index (χ1v) is 12.7. The van der Waals surface area contributed by atoms with Gasteiger partial charge in [-0.15, -0.1) is 11.3 Å². The quantitative estimate of drug-likeness (QED) is 0.462. The summed E-state index contributed by atoms with van der Waals surface area (Å²) in [6.07, 6.45) is -1.40. The van der Waals surface area contributed by atoms with E-state index >= 15 is 0 Å². The highest BCUT2D eigenvalue weighted by Gasteiger charge is 2.33. The van der Waals surface area contributed by atoms with Crippen molar-refractivity contribution < 1.29 is 32.2 Å². The molecule has 1 aromatic carbocycles. The van der Waals surface area contributed by atoms with E-state index in [4.69, 9.17) is 15.2 Å². The topological polar surface area (TPSA) is 128 Å². The lowest BCUT2D eigenvalue weighted by atomic mass is 10.0. The molecule has 206 valence electrons. The van der Waals surface area contributed by atoms with Crippen LogP contribution in [-0.2, 0) is 9.47 Å². The van der Waals surface area contributed by atoms with Gasteiger partial charge in [-0.2, -0.15) is 0 Å². The van der Waals surface area contributed by atoms with Crippen LogP contribution in [0.25, 0.3) is 10.6 Å². The van der Waals surface area contributed by atoms with E-state index in [2.05, 4.69) is 20.6 Å². The van der Waals surface area contributed by atoms with Crippen molar-refractivity contribution in [1.29, 1.82) is 0 Å². The fraction of sp³-hybridized carbons (Fsp3) is 0.440. The Morgan fingerprint density at radius 1 is 1.26 bits per heavy atom. The molecule has 1 unspecified atom stereocenters. The van der Waals surface area contributed by atoms with Crippen molar-refractivity contribution in [2.75, 3.05) is 13.7 Å². The molecule has 3 atom stereocenters. The third kappa shape index (κ3) is 7.32. The Kier molecular flexibility index (Phi) is 9.50. The Labute approximate surface area is 222 Å². The first kappa shape index (κ1) is 29.1. The van der Waals surface area contributed by atoms with Gasteiger partial charge in [0.1, 0.15) is 40.2 Å². The molecule has 2 amide bonds. The second-order valence-electron chi connectivity index (χ2n) is 9.45. The minimum Gasteiger partial charge on any atom is -0.444 e. The van der Waals surface area contributed by atoms with E-state index < -0.39 is 47.6 Å². The maximum atomic E-state index is 14.8. The number of carbonyl (C=O) groups is 2. The van der Waals surface area contributed by atoms with Crippen LogP contribution in [0.3, 0.4) is 0 Å². The highest BCUT2D eigenvalue weighted by Crippen LogP contribution is 2.29. The number of rotatable bonds is 6. The smallest absolute Gasteiger partial charge is 0.407 e. The third-order valence-electron chi connectivity index (χ3n) is 5.49. The standard InChI is InChI=1S/C25H30F3N5O4S/c1-25(2,3)37-24(35)33-16-8-9-19(36-11-15(16)28)21(30-4)17(10-29)31-22(34)18-12-38-23(32-18)20-13(26)6-5-7-14(20)27/h5-7,10,12,15-16,19H,8-9,11,29H2,1-4H3,(H,31,34)(H,33,35)/b17-10+,30-21?/t15-,16-,19?/m1/s1. The minimum absolute atomic E-state index is 0.00183. The molecule has 1 aromatic heterocycles. The number of alkyl halides is 1. The van der Waals surface area contributed by atoms with Crippen molar-refractivity contribution >= 4 is 29.0 Å². The maximum absolute atomic E-state index is 14.8. The van der Waals surface area contributed by atoms with Gasteiger partial charge in [0.25, 0.3) is 5.91 Å². The number of hydrogen-bond donors (Lipinski definition) is 3. The van der Waals surface area contributed by atoms with Crippen LogP contribution < -0.4 is 16.4 Å². The average molecular weight is 554 g/mol. The summed E-state index contributed by atoms with van der Waals surface area (Å²) in [7, 11) is 1.46. The van der Waals surface area contributed by atoms with E-state index in [1.54, 1.807) is 20.8 Å². The summed E-state index contributed by atoms with van der Waals surface area (Å²) in [5, 5.41) is 6.48. The molecule has 0 spiro atoms. The zero-order valence-electron chi connectivity index (χ0n) is 21.4. The molecular weight excluding hydrogens is 523 g/mol. The van der Waals surface area contributed by atoms with Gasteiger partial charge in [0.15, 0.2) is 0 Å². The Morgan fingerprint density at radius 2 is 1.95 bits per heavy atom. The molecule has 1 aliphatic heterocycles. The van der Waals surface area contributed by atoms with Crippen molar-refractivity contribution in [3.63, 3.8) is 0 Å². The Balaban J connectivity index is 1.69. The highest BCUT2D eigenvalue weighted by molar-refractivity contribution is 7.13. The molecule has 4 N–H and O–H groups in total. The number of aliphatic imine (C=N–C) groups is 1. The maximum Gasteiger partial charge on any atom is 0.407 e. The van der Waals surface area contributed by atoms with Gasteiger partial charge in [0, 0.05) is 18.6 Å². The van der Waals surface area contributed by atoms with Gasteiger partial charge in [-0.25, -0.2) is 22.9 Å². The monoisotopic (exact) mass is 553 g/mol. The number of carbonyl (C=O) groups excluding carboxylic acids is 2. The zero-order valence-corrected chi connectivity index (χ0v) is 22.2. The Morgan fingerprint density at radius 3 is 2.55 bits per heavy atom. The number of thiazole rings is 1. The van der Waals surface area contributed by atoms with Crippen LogP contribution in [0, 0.1) is 11.6 Å². The zero-order chi connectivity index (χ0) is 28.0. The van der Waals surface area contributed by atoms with Gasteiger partial charge < -0.3 is 25.8 Å². The Bertz CT molecular complexity index is 1210. The molecule has 1 fully saturated rings.